The standard InChI is InChI=1S/C30H28/c1-20(2)21-9-7-10-22(17-21)23-11-8-12-24(18-23)25-15-16-27-26-13-5-6-14-28(26)30(3,4)29(27)19-25/h5-20H,1-4H3. The molecular formula is C30H28. The lowest BCUT2D eigenvalue weighted by Crippen LogP contribution is -2.14. The van der Waals surface area contributed by atoms with E-state index in [9.17, 15) is 0 Å². The summed E-state index contributed by atoms with van der Waals surface area (Å²) in [4.78, 5) is 0. The Bertz CT molecular complexity index is 1240. The third-order valence-electron chi connectivity index (χ3n) is 6.67. The summed E-state index contributed by atoms with van der Waals surface area (Å²) in [5, 5.41) is 0. The maximum atomic E-state index is 2.40. The third kappa shape index (κ3) is 2.99. The zero-order valence-corrected chi connectivity index (χ0v) is 18.2. The van der Waals surface area contributed by atoms with Crippen LogP contribution in [0.5, 0.6) is 0 Å². The Morgan fingerprint density at radius 1 is 0.533 bits per heavy atom. The first-order chi connectivity index (χ1) is 14.4. The lowest BCUT2D eigenvalue weighted by atomic mass is 9.81. The van der Waals surface area contributed by atoms with E-state index < -0.39 is 0 Å². The molecule has 0 heterocycles. The van der Waals surface area contributed by atoms with Gasteiger partial charge >= 0.3 is 0 Å². The summed E-state index contributed by atoms with van der Waals surface area (Å²) in [5.41, 5.74) is 12.2. The summed E-state index contributed by atoms with van der Waals surface area (Å²) in [6.45, 7) is 9.18. The van der Waals surface area contributed by atoms with Gasteiger partial charge in [0.15, 0.2) is 0 Å². The van der Waals surface area contributed by atoms with Crippen LogP contribution in [0.4, 0.5) is 0 Å². The summed E-state index contributed by atoms with van der Waals surface area (Å²) >= 11 is 0. The van der Waals surface area contributed by atoms with E-state index >= 15 is 0 Å². The van der Waals surface area contributed by atoms with Gasteiger partial charge in [-0.2, -0.15) is 0 Å². The van der Waals surface area contributed by atoms with Crippen molar-refractivity contribution >= 4 is 0 Å². The molecule has 4 aromatic rings. The fourth-order valence-corrected chi connectivity index (χ4v) is 4.84. The normalized spacial score (nSPS) is 13.9. The minimum atomic E-state index is 0.0329. The van der Waals surface area contributed by atoms with Crippen molar-refractivity contribution in [1.29, 1.82) is 0 Å². The molecule has 0 saturated heterocycles. The molecule has 0 unspecified atom stereocenters. The van der Waals surface area contributed by atoms with Gasteiger partial charge in [0, 0.05) is 5.41 Å². The molecule has 0 amide bonds. The maximum Gasteiger partial charge on any atom is 0.0159 e. The molecule has 0 radical (unpaired) electrons. The largest absolute Gasteiger partial charge is 0.0619 e. The number of rotatable bonds is 3. The second kappa shape index (κ2) is 6.99. The van der Waals surface area contributed by atoms with Crippen molar-refractivity contribution in [3.63, 3.8) is 0 Å². The van der Waals surface area contributed by atoms with Crippen LogP contribution in [0.3, 0.4) is 0 Å². The molecule has 0 bridgehead atoms. The summed E-state index contributed by atoms with van der Waals surface area (Å²) in [6, 6.07) is 33.7. The minimum absolute atomic E-state index is 0.0329. The van der Waals surface area contributed by atoms with Gasteiger partial charge in [-0.05, 0) is 68.1 Å². The second-order valence-electron chi connectivity index (χ2n) is 9.29. The fraction of sp³-hybridized carbons (Fsp3) is 0.200. The monoisotopic (exact) mass is 388 g/mol. The minimum Gasteiger partial charge on any atom is -0.0619 e. The molecule has 0 N–H and O–H groups in total. The number of fused-ring (bicyclic) bond motifs is 3. The van der Waals surface area contributed by atoms with Crippen LogP contribution in [0, 0.1) is 0 Å². The van der Waals surface area contributed by atoms with Crippen molar-refractivity contribution in [2.45, 2.75) is 39.0 Å². The van der Waals surface area contributed by atoms with Crippen LogP contribution in [0.25, 0.3) is 33.4 Å². The molecule has 0 atom stereocenters. The predicted octanol–water partition coefficient (Wildman–Crippen LogP) is 8.45. The van der Waals surface area contributed by atoms with Crippen molar-refractivity contribution in [3.05, 3.63) is 108 Å². The van der Waals surface area contributed by atoms with Gasteiger partial charge in [-0.1, -0.05) is 107 Å². The van der Waals surface area contributed by atoms with Gasteiger partial charge in [-0.3, -0.25) is 0 Å². The molecule has 0 fully saturated rings. The molecule has 0 nitrogen and oxygen atoms in total. The van der Waals surface area contributed by atoms with Crippen LogP contribution < -0.4 is 0 Å². The Hall–Kier alpha value is -3.12. The molecule has 0 spiro atoms. The highest BCUT2D eigenvalue weighted by Crippen LogP contribution is 2.49. The highest BCUT2D eigenvalue weighted by atomic mass is 14.4. The topological polar surface area (TPSA) is 0 Å². The molecule has 148 valence electrons. The molecule has 5 rings (SSSR count). The summed E-state index contributed by atoms with van der Waals surface area (Å²) in [6.07, 6.45) is 0. The molecule has 4 aromatic carbocycles. The van der Waals surface area contributed by atoms with Gasteiger partial charge in [-0.15, -0.1) is 0 Å². The molecule has 1 aliphatic rings. The van der Waals surface area contributed by atoms with Crippen LogP contribution >= 0.6 is 0 Å². The number of hydrogen-bond donors (Lipinski definition) is 0. The average molecular weight is 389 g/mol. The summed E-state index contributed by atoms with van der Waals surface area (Å²) in [7, 11) is 0. The Balaban J connectivity index is 1.58. The van der Waals surface area contributed by atoms with E-state index in [4.69, 9.17) is 0 Å². The van der Waals surface area contributed by atoms with E-state index in [0.29, 0.717) is 5.92 Å². The zero-order valence-electron chi connectivity index (χ0n) is 18.2. The molecule has 0 aliphatic heterocycles. The molecule has 0 heteroatoms. The van der Waals surface area contributed by atoms with Crippen molar-refractivity contribution < 1.29 is 0 Å². The first kappa shape index (κ1) is 18.9. The fourth-order valence-electron chi connectivity index (χ4n) is 4.84. The Labute approximate surface area is 180 Å². The predicted molar refractivity (Wildman–Crippen MR) is 129 cm³/mol. The van der Waals surface area contributed by atoms with Crippen LogP contribution in [-0.2, 0) is 5.41 Å². The Morgan fingerprint density at radius 2 is 1.13 bits per heavy atom. The third-order valence-corrected chi connectivity index (χ3v) is 6.67. The van der Waals surface area contributed by atoms with Crippen molar-refractivity contribution in [1.82, 2.24) is 0 Å². The van der Waals surface area contributed by atoms with Crippen LogP contribution in [0.2, 0.25) is 0 Å². The van der Waals surface area contributed by atoms with E-state index in [1.165, 1.54) is 50.1 Å². The molecular weight excluding hydrogens is 360 g/mol. The Kier molecular flexibility index (Phi) is 4.40. The van der Waals surface area contributed by atoms with Crippen molar-refractivity contribution in [2.24, 2.45) is 0 Å². The first-order valence-electron chi connectivity index (χ1n) is 10.9. The van der Waals surface area contributed by atoms with Crippen molar-refractivity contribution in [3.8, 4) is 33.4 Å². The molecule has 1 aliphatic carbocycles. The van der Waals surface area contributed by atoms with E-state index in [1.54, 1.807) is 0 Å². The zero-order chi connectivity index (χ0) is 20.9. The van der Waals surface area contributed by atoms with Gasteiger partial charge in [-0.25, -0.2) is 0 Å². The number of hydrogen-bond acceptors (Lipinski definition) is 0. The van der Waals surface area contributed by atoms with E-state index in [-0.39, 0.29) is 5.41 Å². The van der Waals surface area contributed by atoms with E-state index in [1.807, 2.05) is 0 Å². The van der Waals surface area contributed by atoms with Crippen LogP contribution in [0.1, 0.15) is 50.3 Å². The van der Waals surface area contributed by atoms with Gasteiger partial charge in [0.25, 0.3) is 0 Å². The summed E-state index contributed by atoms with van der Waals surface area (Å²) in [5.74, 6) is 0.536. The maximum absolute atomic E-state index is 2.40. The highest BCUT2D eigenvalue weighted by Gasteiger charge is 2.35. The first-order valence-corrected chi connectivity index (χ1v) is 10.9. The lowest BCUT2D eigenvalue weighted by molar-refractivity contribution is 0.660. The van der Waals surface area contributed by atoms with Gasteiger partial charge in [0.05, 0.1) is 0 Å². The van der Waals surface area contributed by atoms with Gasteiger partial charge in [0.1, 0.15) is 0 Å². The quantitative estimate of drug-likeness (QED) is 0.330. The van der Waals surface area contributed by atoms with E-state index in [2.05, 4.69) is 119 Å². The van der Waals surface area contributed by atoms with Crippen LogP contribution in [-0.4, -0.2) is 0 Å². The van der Waals surface area contributed by atoms with Crippen molar-refractivity contribution in [2.75, 3.05) is 0 Å². The molecule has 0 saturated carbocycles. The van der Waals surface area contributed by atoms with Gasteiger partial charge < -0.3 is 0 Å². The van der Waals surface area contributed by atoms with Crippen LogP contribution in [0.15, 0.2) is 91.0 Å². The highest BCUT2D eigenvalue weighted by molar-refractivity contribution is 5.84. The lowest BCUT2D eigenvalue weighted by Gasteiger charge is -2.22. The smallest absolute Gasteiger partial charge is 0.0159 e. The molecule has 30 heavy (non-hydrogen) atoms. The van der Waals surface area contributed by atoms with Gasteiger partial charge in [0.2, 0.25) is 0 Å². The number of benzene rings is 4. The average Bonchev–Trinajstić information content (AvgIpc) is 3.01. The second-order valence-corrected chi connectivity index (χ2v) is 9.29. The van der Waals surface area contributed by atoms with E-state index in [0.717, 1.165) is 0 Å². The SMILES string of the molecule is CC(C)c1cccc(-c2cccc(-c3ccc4c(c3)C(C)(C)c3ccccc3-4)c2)c1. The molecule has 0 aromatic heterocycles. The summed E-state index contributed by atoms with van der Waals surface area (Å²) < 4.78 is 0. The Morgan fingerprint density at radius 3 is 1.87 bits per heavy atom.